The summed E-state index contributed by atoms with van der Waals surface area (Å²) in [6.45, 7) is 12.0. The first kappa shape index (κ1) is 15.6. The predicted octanol–water partition coefficient (Wildman–Crippen LogP) is 6.60. The van der Waals surface area contributed by atoms with Gasteiger partial charge in [-0.25, -0.2) is 0 Å². The summed E-state index contributed by atoms with van der Waals surface area (Å²) < 4.78 is 0. The van der Waals surface area contributed by atoms with Gasteiger partial charge < -0.3 is 0 Å². The molecule has 112 valence electrons. The molecule has 2 aliphatic carbocycles. The molecular weight excluding hydrogens is 240 g/mol. The van der Waals surface area contributed by atoms with Crippen molar-refractivity contribution in [1.82, 2.24) is 0 Å². The second-order valence-corrected chi connectivity index (χ2v) is 7.61. The Bertz CT molecular complexity index is 443. The van der Waals surface area contributed by atoms with Crippen molar-refractivity contribution in [2.24, 2.45) is 11.3 Å². The van der Waals surface area contributed by atoms with Gasteiger partial charge in [-0.1, -0.05) is 48.3 Å². The van der Waals surface area contributed by atoms with E-state index in [9.17, 15) is 0 Å². The Balaban J connectivity index is 2.34. The first-order chi connectivity index (χ1) is 9.41. The predicted molar refractivity (Wildman–Crippen MR) is 89.8 cm³/mol. The largest absolute Gasteiger partial charge is 0.0853 e. The number of fused-ring (bicyclic) bond motifs is 2. The Morgan fingerprint density at radius 2 is 1.60 bits per heavy atom. The molecule has 0 N–H and O–H groups in total. The highest BCUT2D eigenvalue weighted by Gasteiger charge is 2.35. The third kappa shape index (κ3) is 3.45. The van der Waals surface area contributed by atoms with Crippen LogP contribution in [0.25, 0.3) is 0 Å². The smallest absolute Gasteiger partial charge is 0.0108 e. The van der Waals surface area contributed by atoms with E-state index in [0.717, 1.165) is 5.92 Å². The van der Waals surface area contributed by atoms with Gasteiger partial charge in [0, 0.05) is 0 Å². The van der Waals surface area contributed by atoms with Gasteiger partial charge in [-0.2, -0.15) is 0 Å². The van der Waals surface area contributed by atoms with Crippen molar-refractivity contribution in [2.45, 2.75) is 79.6 Å². The maximum Gasteiger partial charge on any atom is -0.0108 e. The van der Waals surface area contributed by atoms with Gasteiger partial charge in [0.2, 0.25) is 0 Å². The molecule has 2 bridgehead atoms. The summed E-state index contributed by atoms with van der Waals surface area (Å²) >= 11 is 0. The highest BCUT2D eigenvalue weighted by Crippen LogP contribution is 2.48. The van der Waals surface area contributed by atoms with E-state index < -0.39 is 0 Å². The zero-order valence-electron chi connectivity index (χ0n) is 14.2. The Hall–Kier alpha value is -0.780. The number of rotatable bonds is 0. The molecule has 0 saturated carbocycles. The normalized spacial score (nSPS) is 33.4. The lowest BCUT2D eigenvalue weighted by atomic mass is 9.63. The maximum atomic E-state index is 2.53. The molecule has 0 aromatic heterocycles. The molecule has 0 amide bonds. The standard InChI is InChI=1S/C20H32/c1-15-7-6-8-16(2)10-14-19-17(3)11-13-18(12-9-15)20(19,4)5/h9-10,18H,6-8,11-14H2,1-5H3/b15-9+,16-10-. The van der Waals surface area contributed by atoms with Crippen molar-refractivity contribution in [1.29, 1.82) is 0 Å². The Labute approximate surface area is 126 Å². The van der Waals surface area contributed by atoms with Gasteiger partial charge >= 0.3 is 0 Å². The fourth-order valence-corrected chi connectivity index (χ4v) is 4.02. The molecule has 2 rings (SSSR count). The highest BCUT2D eigenvalue weighted by atomic mass is 14.4. The van der Waals surface area contributed by atoms with E-state index in [0.29, 0.717) is 5.41 Å². The fourth-order valence-electron chi connectivity index (χ4n) is 4.02. The van der Waals surface area contributed by atoms with Crippen LogP contribution in [0.5, 0.6) is 0 Å². The Kier molecular flexibility index (Phi) is 4.94. The topological polar surface area (TPSA) is 0 Å². The SMILES string of the molecule is CC1=C2C/C=C(/C)CCC/C(C)=C/CC(CC1)C2(C)C. The molecular formula is C20H32. The lowest BCUT2D eigenvalue weighted by Gasteiger charge is -2.42. The van der Waals surface area contributed by atoms with E-state index in [-0.39, 0.29) is 0 Å². The van der Waals surface area contributed by atoms with E-state index in [1.807, 2.05) is 0 Å². The molecule has 0 aromatic carbocycles. The average Bonchev–Trinajstić information content (AvgIpc) is 2.36. The lowest BCUT2D eigenvalue weighted by molar-refractivity contribution is 0.226. The molecule has 0 aliphatic heterocycles. The first-order valence-electron chi connectivity index (χ1n) is 8.41. The van der Waals surface area contributed by atoms with Gasteiger partial charge in [0.25, 0.3) is 0 Å². The van der Waals surface area contributed by atoms with Gasteiger partial charge in [0.05, 0.1) is 0 Å². The summed E-state index contributed by atoms with van der Waals surface area (Å²) in [4.78, 5) is 0. The Morgan fingerprint density at radius 3 is 2.30 bits per heavy atom. The van der Waals surface area contributed by atoms with Crippen LogP contribution in [0, 0.1) is 11.3 Å². The van der Waals surface area contributed by atoms with E-state index in [2.05, 4.69) is 46.8 Å². The van der Waals surface area contributed by atoms with Crippen molar-refractivity contribution in [3.63, 3.8) is 0 Å². The van der Waals surface area contributed by atoms with Crippen molar-refractivity contribution >= 4 is 0 Å². The zero-order valence-corrected chi connectivity index (χ0v) is 14.2. The second-order valence-electron chi connectivity index (χ2n) is 7.61. The number of hydrogen-bond donors (Lipinski definition) is 0. The van der Waals surface area contributed by atoms with E-state index >= 15 is 0 Å². The van der Waals surface area contributed by atoms with Crippen LogP contribution < -0.4 is 0 Å². The molecule has 0 heteroatoms. The molecule has 0 aromatic rings. The minimum atomic E-state index is 0.370. The number of hydrogen-bond acceptors (Lipinski definition) is 0. The fraction of sp³-hybridized carbons (Fsp3) is 0.700. The summed E-state index contributed by atoms with van der Waals surface area (Å²) in [5.74, 6) is 0.823. The van der Waals surface area contributed by atoms with Crippen LogP contribution in [-0.4, -0.2) is 0 Å². The van der Waals surface area contributed by atoms with Crippen LogP contribution in [0.2, 0.25) is 0 Å². The average molecular weight is 272 g/mol. The van der Waals surface area contributed by atoms with Gasteiger partial charge in [-0.15, -0.1) is 0 Å². The monoisotopic (exact) mass is 272 g/mol. The van der Waals surface area contributed by atoms with Crippen molar-refractivity contribution < 1.29 is 0 Å². The third-order valence-corrected chi connectivity index (χ3v) is 5.73. The Morgan fingerprint density at radius 1 is 0.950 bits per heavy atom. The zero-order chi connectivity index (χ0) is 14.8. The van der Waals surface area contributed by atoms with Crippen LogP contribution in [0.15, 0.2) is 34.4 Å². The van der Waals surface area contributed by atoms with Crippen LogP contribution in [0.3, 0.4) is 0 Å². The van der Waals surface area contributed by atoms with Crippen molar-refractivity contribution in [3.05, 3.63) is 34.4 Å². The van der Waals surface area contributed by atoms with Crippen LogP contribution >= 0.6 is 0 Å². The summed E-state index contributed by atoms with van der Waals surface area (Å²) in [6.07, 6.45) is 14.0. The highest BCUT2D eigenvalue weighted by molar-refractivity contribution is 5.27. The minimum absolute atomic E-state index is 0.370. The molecule has 0 nitrogen and oxygen atoms in total. The maximum absolute atomic E-state index is 2.53. The molecule has 0 spiro atoms. The summed E-state index contributed by atoms with van der Waals surface area (Å²) in [5.41, 5.74) is 6.93. The minimum Gasteiger partial charge on any atom is -0.0853 e. The molecule has 0 saturated heterocycles. The third-order valence-electron chi connectivity index (χ3n) is 5.73. The molecule has 2 aliphatic rings. The quantitative estimate of drug-likeness (QED) is 0.436. The van der Waals surface area contributed by atoms with E-state index in [1.54, 1.807) is 22.3 Å². The van der Waals surface area contributed by atoms with Gasteiger partial charge in [-0.3, -0.25) is 0 Å². The van der Waals surface area contributed by atoms with E-state index in [1.165, 1.54) is 44.9 Å². The van der Waals surface area contributed by atoms with Gasteiger partial charge in [0.1, 0.15) is 0 Å². The van der Waals surface area contributed by atoms with Crippen LogP contribution in [0.1, 0.15) is 79.6 Å². The summed E-state index contributed by atoms with van der Waals surface area (Å²) in [6, 6.07) is 0. The molecule has 1 unspecified atom stereocenters. The molecule has 20 heavy (non-hydrogen) atoms. The van der Waals surface area contributed by atoms with Crippen molar-refractivity contribution in [2.75, 3.05) is 0 Å². The molecule has 0 radical (unpaired) electrons. The lowest BCUT2D eigenvalue weighted by Crippen LogP contribution is -2.30. The van der Waals surface area contributed by atoms with Gasteiger partial charge in [-0.05, 0) is 77.0 Å². The van der Waals surface area contributed by atoms with Crippen molar-refractivity contribution in [3.8, 4) is 0 Å². The molecule has 1 atom stereocenters. The first-order valence-corrected chi connectivity index (χ1v) is 8.41. The van der Waals surface area contributed by atoms with Gasteiger partial charge in [0.15, 0.2) is 0 Å². The molecule has 0 heterocycles. The summed E-state index contributed by atoms with van der Waals surface area (Å²) in [5, 5.41) is 0. The number of allylic oxidation sites excluding steroid dienone is 6. The second kappa shape index (κ2) is 6.33. The summed E-state index contributed by atoms with van der Waals surface area (Å²) in [7, 11) is 0. The van der Waals surface area contributed by atoms with E-state index in [4.69, 9.17) is 0 Å². The molecule has 0 fully saturated rings. The van der Waals surface area contributed by atoms with Crippen LogP contribution in [0.4, 0.5) is 0 Å². The van der Waals surface area contributed by atoms with Crippen LogP contribution in [-0.2, 0) is 0 Å².